The van der Waals surface area contributed by atoms with Gasteiger partial charge in [-0.3, -0.25) is 13.9 Å². The Morgan fingerprint density at radius 3 is 1.72 bits per heavy atom. The molecule has 2 rings (SSSR count). The van der Waals surface area contributed by atoms with Gasteiger partial charge in [-0.05, 0) is 31.7 Å². The molecule has 64 heavy (non-hydrogen) atoms. The van der Waals surface area contributed by atoms with Crippen molar-refractivity contribution in [3.63, 3.8) is 0 Å². The number of nitrogens with two attached hydrogens (primary N) is 1. The fraction of sp³-hybridized carbons (Fsp3) is 0.891. The zero-order chi connectivity index (χ0) is 47.3. The van der Waals surface area contributed by atoms with E-state index in [9.17, 15) is 23.8 Å². The molecule has 1 saturated heterocycles. The summed E-state index contributed by atoms with van der Waals surface area (Å²) in [6.07, 6.45) is 38.8. The van der Waals surface area contributed by atoms with Gasteiger partial charge < -0.3 is 35.0 Å². The predicted octanol–water partition coefficient (Wildman–Crippen LogP) is 12.1. The number of ether oxygens (including phenoxy) is 2. The van der Waals surface area contributed by atoms with Crippen LogP contribution in [0.3, 0.4) is 0 Å². The topological polar surface area (TPSA) is 230 Å². The molecule has 0 spiro atoms. The lowest BCUT2D eigenvalue weighted by atomic mass is 10.0. The number of aromatic nitrogens is 2. The molecule has 1 aromatic rings. The molecule has 5 atom stereocenters. The number of phosphoric acid groups is 2. The molecule has 0 radical (unpaired) electrons. The highest BCUT2D eigenvalue weighted by Gasteiger charge is 2.35. The minimum absolute atomic E-state index is 0.0665. The van der Waals surface area contributed by atoms with Crippen molar-refractivity contribution in [2.24, 2.45) is 0 Å². The fourth-order valence-corrected chi connectivity index (χ4v) is 10.3. The second kappa shape index (κ2) is 38.6. The van der Waals surface area contributed by atoms with Crippen molar-refractivity contribution >= 4 is 39.2 Å². The SMILES string of the molecule is CCCCCCCCCCCCCCCCC(C)SCC(CO)OC(=O)CCCCCCCCCCCCCCC.Nc1ccn([C@H]2CC[C@@H](COP(=O)(O)OP(=O)(O)O)O2)c(=O)n1. The van der Waals surface area contributed by atoms with Crippen molar-refractivity contribution in [3.8, 4) is 0 Å². The highest BCUT2D eigenvalue weighted by Crippen LogP contribution is 2.57. The number of thioether (sulfide) groups is 1. The highest BCUT2D eigenvalue weighted by molar-refractivity contribution is 7.99. The number of rotatable bonds is 40. The number of phosphoric ester groups is 1. The summed E-state index contributed by atoms with van der Waals surface area (Å²) in [5, 5.41) is 10.2. The van der Waals surface area contributed by atoms with Crippen molar-refractivity contribution in [1.29, 1.82) is 0 Å². The van der Waals surface area contributed by atoms with Crippen LogP contribution in [0.2, 0.25) is 0 Å². The number of nitrogens with zero attached hydrogens (tertiary/aromatic N) is 2. The van der Waals surface area contributed by atoms with Crippen LogP contribution in [0.15, 0.2) is 17.1 Å². The first kappa shape index (κ1) is 60.7. The van der Waals surface area contributed by atoms with Gasteiger partial charge in [0.25, 0.3) is 0 Å². The maximum atomic E-state index is 12.2. The van der Waals surface area contributed by atoms with E-state index in [1.807, 2.05) is 11.8 Å². The molecule has 376 valence electrons. The number of carbonyl (C=O) groups excluding carboxylic acids is 1. The van der Waals surface area contributed by atoms with Gasteiger partial charge in [0, 0.05) is 23.6 Å². The Morgan fingerprint density at radius 2 is 1.27 bits per heavy atom. The summed E-state index contributed by atoms with van der Waals surface area (Å²) in [5.41, 5.74) is 4.78. The van der Waals surface area contributed by atoms with Crippen LogP contribution in [-0.2, 0) is 32.2 Å². The molecule has 1 aliphatic heterocycles. The Labute approximate surface area is 390 Å². The van der Waals surface area contributed by atoms with Crippen LogP contribution >= 0.6 is 27.4 Å². The molecule has 2 heterocycles. The number of esters is 1. The molecular formula is C46H89N3O12P2S. The molecule has 6 N–H and O–H groups in total. The summed E-state index contributed by atoms with van der Waals surface area (Å²) in [6, 6.07) is 1.42. The quantitative estimate of drug-likeness (QED) is 0.0234. The van der Waals surface area contributed by atoms with Crippen molar-refractivity contribution in [3.05, 3.63) is 22.7 Å². The van der Waals surface area contributed by atoms with Crippen LogP contribution in [0.4, 0.5) is 5.82 Å². The van der Waals surface area contributed by atoms with Gasteiger partial charge in [0.05, 0.1) is 19.3 Å². The molecule has 0 aliphatic carbocycles. The third-order valence-electron chi connectivity index (χ3n) is 11.4. The van der Waals surface area contributed by atoms with Crippen LogP contribution in [-0.4, -0.2) is 71.7 Å². The summed E-state index contributed by atoms with van der Waals surface area (Å²) < 4.78 is 42.2. The Bertz CT molecular complexity index is 1450. The maximum Gasteiger partial charge on any atom is 0.481 e. The summed E-state index contributed by atoms with van der Waals surface area (Å²) in [7, 11) is -10.1. The van der Waals surface area contributed by atoms with Crippen LogP contribution in [0.25, 0.3) is 0 Å². The molecular weight excluding hydrogens is 881 g/mol. The maximum absolute atomic E-state index is 12.2. The van der Waals surface area contributed by atoms with E-state index >= 15 is 0 Å². The first-order valence-electron chi connectivity index (χ1n) is 24.9. The zero-order valence-corrected chi connectivity index (χ0v) is 42.4. The molecule has 15 nitrogen and oxygen atoms in total. The van der Waals surface area contributed by atoms with Gasteiger partial charge in [-0.25, -0.2) is 13.9 Å². The molecule has 3 unspecified atom stereocenters. The minimum atomic E-state index is -5.16. The lowest BCUT2D eigenvalue weighted by molar-refractivity contribution is -0.149. The third-order valence-corrected chi connectivity index (χ3v) is 14.9. The van der Waals surface area contributed by atoms with Crippen LogP contribution < -0.4 is 11.4 Å². The first-order valence-corrected chi connectivity index (χ1v) is 28.9. The first-order chi connectivity index (χ1) is 30.7. The van der Waals surface area contributed by atoms with Gasteiger partial charge in [0.15, 0.2) is 0 Å². The van der Waals surface area contributed by atoms with E-state index in [1.54, 1.807) is 0 Å². The molecule has 0 bridgehead atoms. The molecule has 18 heteroatoms. The second-order valence-electron chi connectivity index (χ2n) is 17.5. The normalized spacial score (nSPS) is 17.1. The smallest absolute Gasteiger partial charge is 0.459 e. The number of aliphatic hydroxyl groups excluding tert-OH is 1. The number of carbonyl (C=O) groups is 1. The summed E-state index contributed by atoms with van der Waals surface area (Å²) in [6.45, 7) is 6.33. The van der Waals surface area contributed by atoms with Gasteiger partial charge in [-0.15, -0.1) is 0 Å². The monoisotopic (exact) mass is 970 g/mol. The number of hydrogen-bond donors (Lipinski definition) is 5. The number of hydrogen-bond acceptors (Lipinski definition) is 12. The van der Waals surface area contributed by atoms with Crippen molar-refractivity contribution in [2.45, 2.75) is 244 Å². The Hall–Kier alpha value is -1.32. The molecule has 1 aliphatic rings. The van der Waals surface area contributed by atoms with E-state index in [0.29, 0.717) is 30.3 Å². The standard InChI is InChI=1S/C37H74O3S.C9H15N3O9P2/c1-4-6-8-10-12-14-16-18-20-21-23-25-27-29-31-35(3)41-34-36(33-38)40-37(39)32-30-28-26-24-22-19-17-15-13-11-9-7-5-2;10-7-3-4-12(9(13)11-7)8-2-1-6(20-8)5-19-23(17,18)21-22(14,15)16/h35-36,38H,4-34H2,1-3H3;3-4,6,8H,1-2,5H2,(H,17,18)(H2,10,11,13)(H2,14,15,16)/t;6-,8+/m.0/s1. The van der Waals surface area contributed by atoms with Gasteiger partial charge in [0.1, 0.15) is 18.1 Å². The van der Waals surface area contributed by atoms with E-state index in [2.05, 4.69) is 34.6 Å². The number of anilines is 1. The van der Waals surface area contributed by atoms with Gasteiger partial charge in [-0.1, -0.05) is 188 Å². The highest BCUT2D eigenvalue weighted by atomic mass is 32.2. The van der Waals surface area contributed by atoms with Crippen LogP contribution in [0.1, 0.15) is 226 Å². The molecule has 0 amide bonds. The van der Waals surface area contributed by atoms with Crippen molar-refractivity contribution < 1.29 is 52.0 Å². The average molecular weight is 970 g/mol. The fourth-order valence-electron chi connectivity index (χ4n) is 7.63. The number of aliphatic hydroxyl groups is 1. The number of nitrogen functional groups attached to an aromatic ring is 1. The number of unbranched alkanes of at least 4 members (excludes halogenated alkanes) is 25. The Kier molecular flexibility index (Phi) is 36.6. The molecule has 1 fully saturated rings. The lowest BCUT2D eigenvalue weighted by Gasteiger charge is -2.18. The lowest BCUT2D eigenvalue weighted by Crippen LogP contribution is -2.27. The Balaban J connectivity index is 0.000000744. The molecule has 0 aromatic carbocycles. The van der Waals surface area contributed by atoms with E-state index in [1.165, 1.54) is 184 Å². The minimum Gasteiger partial charge on any atom is -0.459 e. The van der Waals surface area contributed by atoms with Crippen molar-refractivity contribution in [1.82, 2.24) is 9.55 Å². The van der Waals surface area contributed by atoms with Gasteiger partial charge in [0.2, 0.25) is 0 Å². The van der Waals surface area contributed by atoms with Gasteiger partial charge in [-0.2, -0.15) is 21.1 Å². The zero-order valence-electron chi connectivity index (χ0n) is 39.8. The van der Waals surface area contributed by atoms with E-state index in [-0.39, 0.29) is 24.5 Å². The van der Waals surface area contributed by atoms with Crippen molar-refractivity contribution in [2.75, 3.05) is 24.7 Å². The average Bonchev–Trinajstić information content (AvgIpc) is 3.71. The van der Waals surface area contributed by atoms with Crippen LogP contribution in [0, 0.1) is 0 Å². The third kappa shape index (κ3) is 34.9. The van der Waals surface area contributed by atoms with E-state index in [4.69, 9.17) is 29.9 Å². The Morgan fingerprint density at radius 1 is 0.797 bits per heavy atom. The summed E-state index contributed by atoms with van der Waals surface area (Å²) in [5.74, 6) is 0.646. The van der Waals surface area contributed by atoms with E-state index < -0.39 is 40.3 Å². The van der Waals surface area contributed by atoms with Gasteiger partial charge >= 0.3 is 27.3 Å². The van der Waals surface area contributed by atoms with Crippen LogP contribution in [0.5, 0.6) is 0 Å². The molecule has 1 aromatic heterocycles. The molecule has 0 saturated carbocycles. The second-order valence-corrected chi connectivity index (χ2v) is 21.8. The summed E-state index contributed by atoms with van der Waals surface area (Å²) >= 11 is 1.85. The predicted molar refractivity (Wildman–Crippen MR) is 259 cm³/mol. The largest absolute Gasteiger partial charge is 0.481 e. The summed E-state index contributed by atoms with van der Waals surface area (Å²) in [4.78, 5) is 53.6. The van der Waals surface area contributed by atoms with E-state index in [0.717, 1.165) is 12.8 Å².